The van der Waals surface area contributed by atoms with Gasteiger partial charge in [0.15, 0.2) is 0 Å². The van der Waals surface area contributed by atoms with Gasteiger partial charge in [-0.3, -0.25) is 0 Å². The molecule has 1 atom stereocenters. The summed E-state index contributed by atoms with van der Waals surface area (Å²) in [6.07, 6.45) is 0.851. The molecular formula is C8H12NO. The van der Waals surface area contributed by atoms with E-state index in [-0.39, 0.29) is 0 Å². The lowest BCUT2D eigenvalue weighted by Gasteiger charge is -2.21. The highest BCUT2D eigenvalue weighted by molar-refractivity contribution is 5.03. The number of rotatable bonds is 1. The largest absolute Gasteiger partial charge is 0.378 e. The van der Waals surface area contributed by atoms with E-state index >= 15 is 0 Å². The minimum Gasteiger partial charge on any atom is -0.378 e. The summed E-state index contributed by atoms with van der Waals surface area (Å²) in [5, 5.41) is 3.30. The molecule has 0 amide bonds. The molecule has 1 aliphatic heterocycles. The molecule has 1 radical (unpaired) electrons. The standard InChI is InChI=1S/C8H12NO/c1-2-3-4-8-7-10-6-5-9-8/h8-9H,1,4-7H2. The van der Waals surface area contributed by atoms with Gasteiger partial charge in [0.05, 0.1) is 13.2 Å². The monoisotopic (exact) mass is 138 g/mol. The maximum absolute atomic E-state index is 5.23. The third-order valence-corrected chi connectivity index (χ3v) is 1.47. The Kier molecular flexibility index (Phi) is 3.28. The van der Waals surface area contributed by atoms with Crippen molar-refractivity contribution in [1.82, 2.24) is 5.32 Å². The highest BCUT2D eigenvalue weighted by Crippen LogP contribution is 1.95. The van der Waals surface area contributed by atoms with Gasteiger partial charge in [0.1, 0.15) is 0 Å². The second kappa shape index (κ2) is 4.32. The highest BCUT2D eigenvalue weighted by atomic mass is 16.5. The third-order valence-electron chi connectivity index (χ3n) is 1.47. The van der Waals surface area contributed by atoms with Crippen LogP contribution in [-0.4, -0.2) is 25.8 Å². The van der Waals surface area contributed by atoms with Crippen molar-refractivity contribution in [2.45, 2.75) is 12.5 Å². The number of ether oxygens (including phenoxy) is 1. The summed E-state index contributed by atoms with van der Waals surface area (Å²) in [5.74, 6) is 5.53. The Morgan fingerprint density at radius 2 is 2.60 bits per heavy atom. The van der Waals surface area contributed by atoms with Gasteiger partial charge in [-0.05, 0) is 0 Å². The van der Waals surface area contributed by atoms with Crippen molar-refractivity contribution < 1.29 is 4.74 Å². The van der Waals surface area contributed by atoms with E-state index in [2.05, 4.69) is 24.1 Å². The number of morpholine rings is 1. The minimum absolute atomic E-state index is 0.419. The Hall–Kier alpha value is -0.520. The zero-order chi connectivity index (χ0) is 7.23. The molecule has 0 aliphatic carbocycles. The summed E-state index contributed by atoms with van der Waals surface area (Å²) in [6.45, 7) is 6.00. The third kappa shape index (κ3) is 2.38. The molecule has 1 saturated heterocycles. The molecule has 0 bridgehead atoms. The van der Waals surface area contributed by atoms with Gasteiger partial charge in [-0.2, -0.15) is 0 Å². The van der Waals surface area contributed by atoms with Crippen molar-refractivity contribution in [3.63, 3.8) is 0 Å². The normalized spacial score (nSPS) is 25.1. The molecule has 0 aromatic rings. The van der Waals surface area contributed by atoms with Crippen LogP contribution in [0.15, 0.2) is 0 Å². The summed E-state index contributed by atoms with van der Waals surface area (Å²) in [4.78, 5) is 0. The molecular weight excluding hydrogens is 126 g/mol. The summed E-state index contributed by atoms with van der Waals surface area (Å²) in [5.41, 5.74) is 0. The zero-order valence-corrected chi connectivity index (χ0v) is 6.02. The molecule has 1 heterocycles. The van der Waals surface area contributed by atoms with Gasteiger partial charge >= 0.3 is 0 Å². The summed E-state index contributed by atoms with van der Waals surface area (Å²) < 4.78 is 5.23. The Morgan fingerprint density at radius 1 is 1.70 bits per heavy atom. The number of nitrogens with one attached hydrogen (secondary N) is 1. The Labute approximate surface area is 62.0 Å². The second-order valence-corrected chi connectivity index (χ2v) is 2.28. The van der Waals surface area contributed by atoms with Gasteiger partial charge < -0.3 is 10.1 Å². The molecule has 1 rings (SSSR count). The van der Waals surface area contributed by atoms with E-state index < -0.39 is 0 Å². The van der Waals surface area contributed by atoms with Gasteiger partial charge in [0.25, 0.3) is 0 Å². The first-order valence-electron chi connectivity index (χ1n) is 3.49. The lowest BCUT2D eigenvalue weighted by Crippen LogP contribution is -2.40. The van der Waals surface area contributed by atoms with E-state index in [0.717, 1.165) is 26.2 Å². The first-order valence-corrected chi connectivity index (χ1v) is 3.49. The molecule has 1 N–H and O–H groups in total. The van der Waals surface area contributed by atoms with Crippen molar-refractivity contribution in [1.29, 1.82) is 0 Å². The van der Waals surface area contributed by atoms with Crippen LogP contribution in [0.1, 0.15) is 6.42 Å². The van der Waals surface area contributed by atoms with E-state index in [0.29, 0.717) is 6.04 Å². The molecule has 0 aromatic carbocycles. The molecule has 1 fully saturated rings. The van der Waals surface area contributed by atoms with Crippen LogP contribution < -0.4 is 5.32 Å². The minimum atomic E-state index is 0.419. The van der Waals surface area contributed by atoms with Crippen LogP contribution in [-0.2, 0) is 4.74 Å². The van der Waals surface area contributed by atoms with Crippen LogP contribution in [0.3, 0.4) is 0 Å². The van der Waals surface area contributed by atoms with E-state index in [1.54, 1.807) is 0 Å². The SMILES string of the molecule is [CH2]C#CCC1COCCN1. The van der Waals surface area contributed by atoms with Gasteiger partial charge in [-0.25, -0.2) is 0 Å². The molecule has 2 nitrogen and oxygen atoms in total. The average Bonchev–Trinajstić information content (AvgIpc) is 2.03. The van der Waals surface area contributed by atoms with Crippen LogP contribution in [0, 0.1) is 18.8 Å². The van der Waals surface area contributed by atoms with Gasteiger partial charge in [0, 0.05) is 25.9 Å². The molecule has 1 unspecified atom stereocenters. The quantitative estimate of drug-likeness (QED) is 0.523. The van der Waals surface area contributed by atoms with Crippen LogP contribution in [0.2, 0.25) is 0 Å². The number of hydrogen-bond donors (Lipinski definition) is 1. The van der Waals surface area contributed by atoms with Crippen molar-refractivity contribution in [3.8, 4) is 11.8 Å². The second-order valence-electron chi connectivity index (χ2n) is 2.28. The molecule has 0 aromatic heterocycles. The molecule has 10 heavy (non-hydrogen) atoms. The van der Waals surface area contributed by atoms with E-state index in [1.165, 1.54) is 0 Å². The maximum atomic E-state index is 5.23. The summed E-state index contributed by atoms with van der Waals surface area (Å²) in [6, 6.07) is 0.419. The fourth-order valence-corrected chi connectivity index (χ4v) is 0.946. The van der Waals surface area contributed by atoms with E-state index in [1.807, 2.05) is 0 Å². The average molecular weight is 138 g/mol. The van der Waals surface area contributed by atoms with Crippen molar-refractivity contribution in [2.24, 2.45) is 0 Å². The lowest BCUT2D eigenvalue weighted by atomic mass is 10.2. The van der Waals surface area contributed by atoms with Crippen LogP contribution in [0.25, 0.3) is 0 Å². The van der Waals surface area contributed by atoms with Crippen LogP contribution in [0.4, 0.5) is 0 Å². The maximum Gasteiger partial charge on any atom is 0.0629 e. The first-order chi connectivity index (χ1) is 4.93. The van der Waals surface area contributed by atoms with Gasteiger partial charge in [-0.15, -0.1) is 11.8 Å². The number of hydrogen-bond acceptors (Lipinski definition) is 2. The predicted octanol–water partition coefficient (Wildman–Crippen LogP) is 0.202. The lowest BCUT2D eigenvalue weighted by molar-refractivity contribution is 0.0784. The topological polar surface area (TPSA) is 21.3 Å². The van der Waals surface area contributed by atoms with Crippen molar-refractivity contribution in [3.05, 3.63) is 6.92 Å². The Balaban J connectivity index is 2.17. The van der Waals surface area contributed by atoms with Crippen molar-refractivity contribution >= 4 is 0 Å². The van der Waals surface area contributed by atoms with Crippen LogP contribution in [0.5, 0.6) is 0 Å². The van der Waals surface area contributed by atoms with E-state index in [9.17, 15) is 0 Å². The Bertz CT molecular complexity index is 139. The predicted molar refractivity (Wildman–Crippen MR) is 40.4 cm³/mol. The molecule has 55 valence electrons. The summed E-state index contributed by atoms with van der Waals surface area (Å²) >= 11 is 0. The first kappa shape index (κ1) is 7.59. The van der Waals surface area contributed by atoms with E-state index in [4.69, 9.17) is 4.74 Å². The zero-order valence-electron chi connectivity index (χ0n) is 6.02. The molecule has 1 aliphatic rings. The molecule has 0 saturated carbocycles. The smallest absolute Gasteiger partial charge is 0.0629 e. The van der Waals surface area contributed by atoms with Crippen molar-refractivity contribution in [2.75, 3.05) is 19.8 Å². The molecule has 2 heteroatoms. The van der Waals surface area contributed by atoms with Gasteiger partial charge in [0.2, 0.25) is 0 Å². The van der Waals surface area contributed by atoms with Crippen LogP contribution >= 0.6 is 0 Å². The highest BCUT2D eigenvalue weighted by Gasteiger charge is 2.10. The van der Waals surface area contributed by atoms with Gasteiger partial charge in [-0.1, -0.05) is 0 Å². The fourth-order valence-electron chi connectivity index (χ4n) is 0.946. The summed E-state index contributed by atoms with van der Waals surface area (Å²) in [7, 11) is 0. The fraction of sp³-hybridized carbons (Fsp3) is 0.625. The molecule has 0 spiro atoms. The Morgan fingerprint density at radius 3 is 3.20 bits per heavy atom.